The standard InChI is InChI=1S/C18H16ClN3O2/c1-13(21-22-18(23)10-11-20)15-4-8-17(9-5-15)24-12-14-2-6-16(19)7-3-14/h2-9H,10,12H2,1H3,(H,22,23). The third-order valence-electron chi connectivity index (χ3n) is 3.18. The molecule has 0 aliphatic heterocycles. The number of carbonyl (C=O) groups excluding carboxylic acids is 1. The molecule has 0 atom stereocenters. The van der Waals surface area contributed by atoms with E-state index in [4.69, 9.17) is 21.6 Å². The van der Waals surface area contributed by atoms with Gasteiger partial charge in [0.15, 0.2) is 0 Å². The van der Waals surface area contributed by atoms with Crippen LogP contribution in [0.2, 0.25) is 5.02 Å². The molecule has 2 rings (SSSR count). The van der Waals surface area contributed by atoms with E-state index in [9.17, 15) is 4.79 Å². The van der Waals surface area contributed by atoms with Crippen LogP contribution in [0.4, 0.5) is 0 Å². The van der Waals surface area contributed by atoms with Crippen molar-refractivity contribution in [3.63, 3.8) is 0 Å². The molecule has 0 spiro atoms. The van der Waals surface area contributed by atoms with E-state index in [1.165, 1.54) is 0 Å². The molecule has 0 radical (unpaired) electrons. The summed E-state index contributed by atoms with van der Waals surface area (Å²) in [6, 6.07) is 16.6. The van der Waals surface area contributed by atoms with Crippen LogP contribution in [-0.4, -0.2) is 11.6 Å². The summed E-state index contributed by atoms with van der Waals surface area (Å²) < 4.78 is 5.71. The van der Waals surface area contributed by atoms with Gasteiger partial charge in [0, 0.05) is 5.02 Å². The van der Waals surface area contributed by atoms with Crippen LogP contribution in [0.1, 0.15) is 24.5 Å². The summed E-state index contributed by atoms with van der Waals surface area (Å²) in [5.74, 6) is 0.301. The van der Waals surface area contributed by atoms with Crippen molar-refractivity contribution >= 4 is 23.2 Å². The fourth-order valence-corrected chi connectivity index (χ4v) is 1.99. The van der Waals surface area contributed by atoms with Crippen molar-refractivity contribution in [2.75, 3.05) is 0 Å². The van der Waals surface area contributed by atoms with Gasteiger partial charge in [0.25, 0.3) is 5.91 Å². The number of nitrogens with one attached hydrogen (secondary N) is 1. The number of rotatable bonds is 6. The Morgan fingerprint density at radius 1 is 1.21 bits per heavy atom. The SMILES string of the molecule is CC(=NNC(=O)CC#N)c1ccc(OCc2ccc(Cl)cc2)cc1. The van der Waals surface area contributed by atoms with E-state index in [1.807, 2.05) is 48.5 Å². The minimum Gasteiger partial charge on any atom is -0.489 e. The molecule has 0 bridgehead atoms. The van der Waals surface area contributed by atoms with Crippen LogP contribution >= 0.6 is 11.6 Å². The average Bonchev–Trinajstić information content (AvgIpc) is 2.60. The van der Waals surface area contributed by atoms with E-state index in [-0.39, 0.29) is 6.42 Å². The fraction of sp³-hybridized carbons (Fsp3) is 0.167. The summed E-state index contributed by atoms with van der Waals surface area (Å²) in [4.78, 5) is 11.2. The minimum absolute atomic E-state index is 0.214. The van der Waals surface area contributed by atoms with Crippen LogP contribution in [0.3, 0.4) is 0 Å². The third kappa shape index (κ3) is 5.41. The number of benzene rings is 2. The first-order valence-electron chi connectivity index (χ1n) is 7.26. The summed E-state index contributed by atoms with van der Waals surface area (Å²) in [5.41, 5.74) is 4.86. The van der Waals surface area contributed by atoms with Gasteiger partial charge in [0.1, 0.15) is 18.8 Å². The molecule has 0 fully saturated rings. The predicted molar refractivity (Wildman–Crippen MR) is 92.8 cm³/mol. The second kappa shape index (κ2) is 8.70. The maximum Gasteiger partial charge on any atom is 0.254 e. The van der Waals surface area contributed by atoms with E-state index in [0.29, 0.717) is 17.3 Å². The number of nitriles is 1. The van der Waals surface area contributed by atoms with Gasteiger partial charge in [-0.1, -0.05) is 23.7 Å². The quantitative estimate of drug-likeness (QED) is 0.643. The summed E-state index contributed by atoms with van der Waals surface area (Å²) in [6.45, 7) is 2.23. The maximum atomic E-state index is 11.2. The Hall–Kier alpha value is -2.84. The number of nitrogens with zero attached hydrogens (tertiary/aromatic N) is 2. The van der Waals surface area contributed by atoms with Crippen LogP contribution in [0.25, 0.3) is 0 Å². The molecule has 2 aromatic rings. The molecule has 0 saturated heterocycles. The van der Waals surface area contributed by atoms with E-state index in [0.717, 1.165) is 16.9 Å². The van der Waals surface area contributed by atoms with Gasteiger partial charge in [-0.15, -0.1) is 0 Å². The number of hydrogen-bond acceptors (Lipinski definition) is 4. The van der Waals surface area contributed by atoms with Crippen molar-refractivity contribution < 1.29 is 9.53 Å². The van der Waals surface area contributed by atoms with Gasteiger partial charge in [-0.2, -0.15) is 10.4 Å². The highest BCUT2D eigenvalue weighted by Crippen LogP contribution is 2.16. The van der Waals surface area contributed by atoms with Gasteiger partial charge in [0.05, 0.1) is 11.8 Å². The summed E-state index contributed by atoms with van der Waals surface area (Å²) in [6.07, 6.45) is -0.214. The topological polar surface area (TPSA) is 74.5 Å². The van der Waals surface area contributed by atoms with E-state index in [2.05, 4.69) is 10.5 Å². The lowest BCUT2D eigenvalue weighted by Crippen LogP contribution is -2.18. The number of hydrazone groups is 1. The summed E-state index contributed by atoms with van der Waals surface area (Å²) in [5, 5.41) is 13.1. The molecule has 0 aliphatic rings. The van der Waals surface area contributed by atoms with Crippen LogP contribution in [0.15, 0.2) is 53.6 Å². The molecular formula is C18H16ClN3O2. The van der Waals surface area contributed by atoms with E-state index in [1.54, 1.807) is 13.0 Å². The van der Waals surface area contributed by atoms with Gasteiger partial charge in [-0.3, -0.25) is 4.79 Å². The summed E-state index contributed by atoms with van der Waals surface area (Å²) >= 11 is 5.84. The van der Waals surface area contributed by atoms with Gasteiger partial charge in [0.2, 0.25) is 0 Å². The molecule has 0 saturated carbocycles. The fourth-order valence-electron chi connectivity index (χ4n) is 1.86. The Labute approximate surface area is 145 Å². The molecule has 1 N–H and O–H groups in total. The first-order valence-corrected chi connectivity index (χ1v) is 7.64. The molecule has 1 amide bonds. The zero-order chi connectivity index (χ0) is 17.4. The zero-order valence-corrected chi connectivity index (χ0v) is 13.9. The van der Waals surface area contributed by atoms with Gasteiger partial charge < -0.3 is 4.74 Å². The number of amides is 1. The Kier molecular flexibility index (Phi) is 6.35. The highest BCUT2D eigenvalue weighted by atomic mass is 35.5. The molecule has 122 valence electrons. The number of ether oxygens (including phenoxy) is 1. The molecule has 2 aromatic carbocycles. The lowest BCUT2D eigenvalue weighted by molar-refractivity contribution is -0.120. The molecule has 24 heavy (non-hydrogen) atoms. The van der Waals surface area contributed by atoms with Crippen molar-refractivity contribution in [1.82, 2.24) is 5.43 Å². The van der Waals surface area contributed by atoms with Gasteiger partial charge in [-0.05, 0) is 54.4 Å². The van der Waals surface area contributed by atoms with Crippen molar-refractivity contribution in [2.45, 2.75) is 20.0 Å². The number of halogens is 1. The molecule has 5 nitrogen and oxygen atoms in total. The minimum atomic E-state index is -0.431. The Morgan fingerprint density at radius 2 is 1.88 bits per heavy atom. The van der Waals surface area contributed by atoms with Crippen molar-refractivity contribution in [3.05, 3.63) is 64.7 Å². The van der Waals surface area contributed by atoms with E-state index < -0.39 is 5.91 Å². The highest BCUT2D eigenvalue weighted by molar-refractivity contribution is 6.30. The monoisotopic (exact) mass is 341 g/mol. The Bertz CT molecular complexity index is 762. The lowest BCUT2D eigenvalue weighted by atomic mass is 10.1. The lowest BCUT2D eigenvalue weighted by Gasteiger charge is -2.07. The molecule has 6 heteroatoms. The van der Waals surface area contributed by atoms with Crippen LogP contribution in [0, 0.1) is 11.3 Å². The first-order chi connectivity index (χ1) is 11.6. The smallest absolute Gasteiger partial charge is 0.254 e. The molecule has 0 aliphatic carbocycles. The van der Waals surface area contributed by atoms with Crippen LogP contribution in [0.5, 0.6) is 5.75 Å². The third-order valence-corrected chi connectivity index (χ3v) is 3.43. The highest BCUT2D eigenvalue weighted by Gasteiger charge is 2.02. The number of carbonyl (C=O) groups is 1. The second-order valence-corrected chi connectivity index (χ2v) is 5.44. The van der Waals surface area contributed by atoms with Crippen molar-refractivity contribution in [2.24, 2.45) is 5.10 Å². The van der Waals surface area contributed by atoms with Gasteiger partial charge >= 0.3 is 0 Å². The zero-order valence-electron chi connectivity index (χ0n) is 13.1. The Morgan fingerprint density at radius 3 is 2.50 bits per heavy atom. The Balaban J connectivity index is 1.92. The van der Waals surface area contributed by atoms with Crippen LogP contribution in [-0.2, 0) is 11.4 Å². The number of hydrogen-bond donors (Lipinski definition) is 1. The second-order valence-electron chi connectivity index (χ2n) is 5.01. The average molecular weight is 342 g/mol. The maximum absolute atomic E-state index is 11.2. The molecule has 0 heterocycles. The predicted octanol–water partition coefficient (Wildman–Crippen LogP) is 3.67. The first kappa shape index (κ1) is 17.5. The normalized spacial score (nSPS) is 10.8. The largest absolute Gasteiger partial charge is 0.489 e. The molecule has 0 aromatic heterocycles. The van der Waals surface area contributed by atoms with E-state index >= 15 is 0 Å². The van der Waals surface area contributed by atoms with Gasteiger partial charge in [-0.25, -0.2) is 5.43 Å². The molecule has 0 unspecified atom stereocenters. The van der Waals surface area contributed by atoms with Crippen molar-refractivity contribution in [1.29, 1.82) is 5.26 Å². The summed E-state index contributed by atoms with van der Waals surface area (Å²) in [7, 11) is 0. The van der Waals surface area contributed by atoms with Crippen molar-refractivity contribution in [3.8, 4) is 11.8 Å². The molecular weight excluding hydrogens is 326 g/mol. The van der Waals surface area contributed by atoms with Crippen LogP contribution < -0.4 is 10.2 Å².